The van der Waals surface area contributed by atoms with Crippen LogP contribution >= 0.6 is 0 Å². The number of benzene rings is 2. The lowest BCUT2D eigenvalue weighted by molar-refractivity contribution is -0.892. The number of carbonyl (C=O) groups is 1. The van der Waals surface area contributed by atoms with Gasteiger partial charge in [-0.05, 0) is 37.5 Å². The first-order valence-corrected chi connectivity index (χ1v) is 9.67. The van der Waals surface area contributed by atoms with E-state index >= 15 is 0 Å². The highest BCUT2D eigenvalue weighted by Crippen LogP contribution is 2.12. The fourth-order valence-electron chi connectivity index (χ4n) is 3.55. The predicted octanol–water partition coefficient (Wildman–Crippen LogP) is 1.53. The SMILES string of the molecule is C[C@H](CCc1ccccc1)NC(=O)C[NH+]1CCN(c2ccccc2)CC1. The second-order valence-electron chi connectivity index (χ2n) is 7.24. The first kappa shape index (κ1) is 18.5. The van der Waals surface area contributed by atoms with Crippen LogP contribution in [0.1, 0.15) is 18.9 Å². The molecule has 0 spiro atoms. The van der Waals surface area contributed by atoms with Crippen LogP contribution in [0.4, 0.5) is 5.69 Å². The van der Waals surface area contributed by atoms with Crippen LogP contribution in [-0.2, 0) is 11.2 Å². The highest BCUT2D eigenvalue weighted by atomic mass is 16.2. The number of rotatable bonds is 7. The molecule has 1 aliphatic heterocycles. The van der Waals surface area contributed by atoms with Gasteiger partial charge in [0, 0.05) is 11.7 Å². The lowest BCUT2D eigenvalue weighted by atomic mass is 10.1. The molecule has 2 N–H and O–H groups in total. The van der Waals surface area contributed by atoms with E-state index in [9.17, 15) is 4.79 Å². The molecule has 0 unspecified atom stereocenters. The summed E-state index contributed by atoms with van der Waals surface area (Å²) in [4.78, 5) is 16.1. The van der Waals surface area contributed by atoms with Crippen LogP contribution < -0.4 is 15.1 Å². The Hall–Kier alpha value is -2.33. The van der Waals surface area contributed by atoms with E-state index in [1.807, 2.05) is 12.1 Å². The Kier molecular flexibility index (Phi) is 6.67. The molecule has 0 saturated carbocycles. The number of nitrogens with one attached hydrogen (secondary N) is 2. The summed E-state index contributed by atoms with van der Waals surface area (Å²) in [7, 11) is 0. The zero-order chi connectivity index (χ0) is 18.2. The van der Waals surface area contributed by atoms with Gasteiger partial charge in [-0.2, -0.15) is 0 Å². The molecule has 138 valence electrons. The molecule has 1 fully saturated rings. The van der Waals surface area contributed by atoms with Crippen molar-refractivity contribution in [2.45, 2.75) is 25.8 Å². The molecule has 1 saturated heterocycles. The molecule has 0 radical (unpaired) electrons. The summed E-state index contributed by atoms with van der Waals surface area (Å²) in [6.07, 6.45) is 1.98. The Bertz CT molecular complexity index is 666. The minimum absolute atomic E-state index is 0.175. The lowest BCUT2D eigenvalue weighted by Gasteiger charge is -2.33. The number of hydrogen-bond acceptors (Lipinski definition) is 2. The maximum Gasteiger partial charge on any atom is 0.275 e. The smallest absolute Gasteiger partial charge is 0.275 e. The monoisotopic (exact) mass is 352 g/mol. The first-order chi connectivity index (χ1) is 12.7. The molecule has 0 aromatic heterocycles. The maximum atomic E-state index is 12.3. The summed E-state index contributed by atoms with van der Waals surface area (Å²) in [6, 6.07) is 21.2. The molecule has 1 heterocycles. The van der Waals surface area contributed by atoms with Gasteiger partial charge in [0.25, 0.3) is 5.91 Å². The van der Waals surface area contributed by atoms with Crippen molar-refractivity contribution in [1.82, 2.24) is 5.32 Å². The molecule has 3 rings (SSSR count). The number of para-hydroxylation sites is 1. The summed E-state index contributed by atoms with van der Waals surface area (Å²) in [5.41, 5.74) is 2.61. The van der Waals surface area contributed by atoms with Crippen molar-refractivity contribution in [3.05, 3.63) is 66.2 Å². The second-order valence-corrected chi connectivity index (χ2v) is 7.24. The number of amides is 1. The lowest BCUT2D eigenvalue weighted by Crippen LogP contribution is -3.16. The molecule has 4 nitrogen and oxygen atoms in total. The van der Waals surface area contributed by atoms with Crippen molar-refractivity contribution >= 4 is 11.6 Å². The Morgan fingerprint density at radius 1 is 1.04 bits per heavy atom. The Balaban J connectivity index is 1.36. The van der Waals surface area contributed by atoms with Crippen molar-refractivity contribution in [2.75, 3.05) is 37.6 Å². The maximum absolute atomic E-state index is 12.3. The van der Waals surface area contributed by atoms with Gasteiger partial charge in [-0.3, -0.25) is 4.79 Å². The standard InChI is InChI=1S/C22H29N3O/c1-19(12-13-20-8-4-2-5-9-20)23-22(26)18-24-14-16-25(17-15-24)21-10-6-3-7-11-21/h2-11,19H,12-18H2,1H3,(H,23,26)/p+1/t19-/m1/s1. The van der Waals surface area contributed by atoms with Crippen molar-refractivity contribution in [3.63, 3.8) is 0 Å². The number of hydrogen-bond donors (Lipinski definition) is 2. The summed E-state index contributed by atoms with van der Waals surface area (Å²) >= 11 is 0. The van der Waals surface area contributed by atoms with E-state index in [1.165, 1.54) is 16.2 Å². The molecule has 4 heteroatoms. The highest BCUT2D eigenvalue weighted by Gasteiger charge is 2.22. The predicted molar refractivity (Wildman–Crippen MR) is 107 cm³/mol. The van der Waals surface area contributed by atoms with Gasteiger partial charge < -0.3 is 15.1 Å². The first-order valence-electron chi connectivity index (χ1n) is 9.67. The van der Waals surface area contributed by atoms with E-state index in [0.717, 1.165) is 39.0 Å². The molecule has 0 bridgehead atoms. The van der Waals surface area contributed by atoms with Gasteiger partial charge in [0.2, 0.25) is 0 Å². The zero-order valence-electron chi connectivity index (χ0n) is 15.7. The normalized spacial score (nSPS) is 16.3. The van der Waals surface area contributed by atoms with Crippen LogP contribution in [0.3, 0.4) is 0 Å². The third-order valence-electron chi connectivity index (χ3n) is 5.12. The summed E-state index contributed by atoms with van der Waals surface area (Å²) < 4.78 is 0. The topological polar surface area (TPSA) is 36.8 Å². The van der Waals surface area contributed by atoms with Gasteiger partial charge in [0.15, 0.2) is 6.54 Å². The Labute approximate surface area is 156 Å². The van der Waals surface area contributed by atoms with Gasteiger partial charge >= 0.3 is 0 Å². The number of anilines is 1. The molecular weight excluding hydrogens is 322 g/mol. The molecule has 1 atom stereocenters. The fraction of sp³-hybridized carbons (Fsp3) is 0.409. The number of piperazine rings is 1. The molecular formula is C22H30N3O+. The van der Waals surface area contributed by atoms with Crippen LogP contribution in [0, 0.1) is 0 Å². The van der Waals surface area contributed by atoms with Crippen LogP contribution in [0.15, 0.2) is 60.7 Å². The number of quaternary nitrogens is 1. The van der Waals surface area contributed by atoms with E-state index in [2.05, 4.69) is 65.7 Å². The van der Waals surface area contributed by atoms with E-state index in [4.69, 9.17) is 0 Å². The van der Waals surface area contributed by atoms with Crippen molar-refractivity contribution in [3.8, 4) is 0 Å². The van der Waals surface area contributed by atoms with Gasteiger partial charge in [0.1, 0.15) is 0 Å². The number of carbonyl (C=O) groups excluding carboxylic acids is 1. The third kappa shape index (κ3) is 5.60. The number of nitrogens with zero attached hydrogens (tertiary/aromatic N) is 1. The number of aryl methyl sites for hydroxylation is 1. The zero-order valence-corrected chi connectivity index (χ0v) is 15.7. The van der Waals surface area contributed by atoms with Crippen molar-refractivity contribution in [1.29, 1.82) is 0 Å². The Morgan fingerprint density at radius 3 is 2.31 bits per heavy atom. The summed E-state index contributed by atoms with van der Waals surface area (Å²) in [5, 5.41) is 3.17. The summed E-state index contributed by atoms with van der Waals surface area (Å²) in [6.45, 7) is 6.73. The second kappa shape index (κ2) is 9.39. The van der Waals surface area contributed by atoms with Crippen LogP contribution in [0.25, 0.3) is 0 Å². The molecule has 2 aromatic carbocycles. The third-order valence-corrected chi connectivity index (χ3v) is 5.12. The average Bonchev–Trinajstić information content (AvgIpc) is 2.68. The van der Waals surface area contributed by atoms with Gasteiger partial charge in [-0.25, -0.2) is 0 Å². The Morgan fingerprint density at radius 2 is 1.65 bits per heavy atom. The largest absolute Gasteiger partial charge is 0.360 e. The van der Waals surface area contributed by atoms with Crippen molar-refractivity contribution < 1.29 is 9.69 Å². The average molecular weight is 353 g/mol. The van der Waals surface area contributed by atoms with E-state index in [1.54, 1.807) is 0 Å². The van der Waals surface area contributed by atoms with Crippen LogP contribution in [-0.4, -0.2) is 44.7 Å². The molecule has 0 aliphatic carbocycles. The van der Waals surface area contributed by atoms with E-state index in [0.29, 0.717) is 6.54 Å². The highest BCUT2D eigenvalue weighted by molar-refractivity contribution is 5.77. The van der Waals surface area contributed by atoms with Gasteiger partial charge in [-0.1, -0.05) is 48.5 Å². The minimum Gasteiger partial charge on any atom is -0.360 e. The molecule has 26 heavy (non-hydrogen) atoms. The minimum atomic E-state index is 0.175. The fourth-order valence-corrected chi connectivity index (χ4v) is 3.55. The van der Waals surface area contributed by atoms with E-state index in [-0.39, 0.29) is 11.9 Å². The van der Waals surface area contributed by atoms with Crippen molar-refractivity contribution in [2.24, 2.45) is 0 Å². The quantitative estimate of drug-likeness (QED) is 0.793. The molecule has 1 aliphatic rings. The van der Waals surface area contributed by atoms with Crippen LogP contribution in [0.2, 0.25) is 0 Å². The van der Waals surface area contributed by atoms with Gasteiger partial charge in [0.05, 0.1) is 26.2 Å². The van der Waals surface area contributed by atoms with E-state index < -0.39 is 0 Å². The molecule has 2 aromatic rings. The van der Waals surface area contributed by atoms with Crippen LogP contribution in [0.5, 0.6) is 0 Å². The molecule has 1 amide bonds. The summed E-state index contributed by atoms with van der Waals surface area (Å²) in [5.74, 6) is 0.175. The van der Waals surface area contributed by atoms with Gasteiger partial charge in [-0.15, -0.1) is 0 Å².